The Balaban J connectivity index is 1.59. The van der Waals surface area contributed by atoms with Crippen LogP contribution in [0.1, 0.15) is 40.9 Å². The summed E-state index contributed by atoms with van der Waals surface area (Å²) in [5, 5.41) is 0. The zero-order valence-corrected chi connectivity index (χ0v) is 18.9. The van der Waals surface area contributed by atoms with Gasteiger partial charge in [-0.2, -0.15) is 0 Å². The lowest BCUT2D eigenvalue weighted by atomic mass is 9.77. The zero-order chi connectivity index (χ0) is 24.6. The molecule has 0 fully saturated rings. The predicted octanol–water partition coefficient (Wildman–Crippen LogP) is 4.05. The lowest BCUT2D eigenvalue weighted by Crippen LogP contribution is -2.33. The molecule has 9 nitrogen and oxygen atoms in total. The Morgan fingerprint density at radius 1 is 0.771 bits per heavy atom. The summed E-state index contributed by atoms with van der Waals surface area (Å²) < 4.78 is 33.0. The van der Waals surface area contributed by atoms with Crippen LogP contribution in [0.4, 0.5) is 0 Å². The Kier molecular flexibility index (Phi) is 5.52. The van der Waals surface area contributed by atoms with Gasteiger partial charge in [-0.3, -0.25) is 9.59 Å². The molecular weight excluding hydrogens is 456 g/mol. The number of hydrogen-bond donors (Lipinski definition) is 0. The number of ether oxygens (including phenoxy) is 6. The second kappa shape index (κ2) is 8.68. The van der Waals surface area contributed by atoms with Crippen LogP contribution in [0, 0.1) is 0 Å². The van der Waals surface area contributed by atoms with Crippen LogP contribution < -0.4 is 14.2 Å². The topological polar surface area (TPSA) is 107 Å². The van der Waals surface area contributed by atoms with Crippen LogP contribution in [-0.2, 0) is 29.4 Å². The summed E-state index contributed by atoms with van der Waals surface area (Å²) in [6.45, 7) is 2.05. The van der Waals surface area contributed by atoms with Gasteiger partial charge in [-0.05, 0) is 30.3 Å². The number of rotatable bonds is 6. The highest BCUT2D eigenvalue weighted by Crippen LogP contribution is 2.57. The van der Waals surface area contributed by atoms with Crippen molar-refractivity contribution in [3.63, 3.8) is 0 Å². The average molecular weight is 476 g/mol. The molecule has 35 heavy (non-hydrogen) atoms. The average Bonchev–Trinajstić information content (AvgIpc) is 3.11. The van der Waals surface area contributed by atoms with Gasteiger partial charge in [0.15, 0.2) is 5.60 Å². The molecule has 2 heterocycles. The van der Waals surface area contributed by atoms with Crippen molar-refractivity contribution in [2.45, 2.75) is 19.4 Å². The fraction of sp³-hybridized carbons (Fsp3) is 0.192. The number of carbonyl (C=O) groups excluding carboxylic acids is 3. The first-order valence-corrected chi connectivity index (χ1v) is 10.7. The summed E-state index contributed by atoms with van der Waals surface area (Å²) in [6, 6.07) is 17.3. The minimum atomic E-state index is -1.25. The molecule has 178 valence electrons. The maximum absolute atomic E-state index is 12.9. The number of esters is 3. The molecular formula is C26H20O9. The molecule has 1 spiro atoms. The maximum Gasteiger partial charge on any atom is 0.340 e. The van der Waals surface area contributed by atoms with Crippen LogP contribution in [0.2, 0.25) is 0 Å². The SMILES string of the molecule is CC(=O)OCOc1ccc2c(c1)Oc1cc(OCOC(C)=O)ccc1C21OC(=O)c2ccccc21. The fourth-order valence-electron chi connectivity index (χ4n) is 4.18. The summed E-state index contributed by atoms with van der Waals surface area (Å²) in [7, 11) is 0. The molecule has 2 aliphatic heterocycles. The van der Waals surface area contributed by atoms with E-state index >= 15 is 0 Å². The van der Waals surface area contributed by atoms with Gasteiger partial charge in [0.1, 0.15) is 23.0 Å². The van der Waals surface area contributed by atoms with Crippen LogP contribution in [0.25, 0.3) is 0 Å². The van der Waals surface area contributed by atoms with Gasteiger partial charge in [0.2, 0.25) is 13.6 Å². The highest BCUT2D eigenvalue weighted by molar-refractivity contribution is 5.97. The highest BCUT2D eigenvalue weighted by Gasteiger charge is 2.53. The van der Waals surface area contributed by atoms with E-state index < -0.39 is 23.5 Å². The Bertz CT molecular complexity index is 1270. The lowest BCUT2D eigenvalue weighted by Gasteiger charge is -2.36. The number of fused-ring (bicyclic) bond motifs is 6. The number of carbonyl (C=O) groups is 3. The van der Waals surface area contributed by atoms with E-state index in [0.29, 0.717) is 45.3 Å². The molecule has 0 bridgehead atoms. The molecule has 2 aliphatic rings. The monoisotopic (exact) mass is 476 g/mol. The summed E-state index contributed by atoms with van der Waals surface area (Å²) in [5.74, 6) is 0.168. The molecule has 3 aromatic rings. The molecule has 0 aliphatic carbocycles. The zero-order valence-electron chi connectivity index (χ0n) is 18.9. The molecule has 0 amide bonds. The van der Waals surface area contributed by atoms with Crippen LogP contribution in [0.3, 0.4) is 0 Å². The van der Waals surface area contributed by atoms with E-state index in [1.165, 1.54) is 13.8 Å². The first-order chi connectivity index (χ1) is 16.9. The van der Waals surface area contributed by atoms with Gasteiger partial charge in [0.25, 0.3) is 0 Å². The third-order valence-corrected chi connectivity index (χ3v) is 5.63. The Morgan fingerprint density at radius 3 is 1.86 bits per heavy atom. The number of benzene rings is 3. The van der Waals surface area contributed by atoms with Crippen molar-refractivity contribution in [1.82, 2.24) is 0 Å². The smallest absolute Gasteiger partial charge is 0.340 e. The number of hydrogen-bond acceptors (Lipinski definition) is 9. The third-order valence-electron chi connectivity index (χ3n) is 5.63. The van der Waals surface area contributed by atoms with Crippen LogP contribution >= 0.6 is 0 Å². The molecule has 3 aromatic carbocycles. The lowest BCUT2D eigenvalue weighted by molar-refractivity contribution is -0.148. The van der Waals surface area contributed by atoms with Gasteiger partial charge >= 0.3 is 17.9 Å². The quantitative estimate of drug-likeness (QED) is 0.296. The Hall–Kier alpha value is -4.53. The second-order valence-electron chi connectivity index (χ2n) is 7.83. The van der Waals surface area contributed by atoms with Crippen LogP contribution in [0.15, 0.2) is 60.7 Å². The van der Waals surface area contributed by atoms with Crippen molar-refractivity contribution < 1.29 is 42.8 Å². The Morgan fingerprint density at radius 2 is 1.31 bits per heavy atom. The van der Waals surface area contributed by atoms with Crippen molar-refractivity contribution in [1.29, 1.82) is 0 Å². The molecule has 0 saturated carbocycles. The van der Waals surface area contributed by atoms with Crippen LogP contribution in [0.5, 0.6) is 23.0 Å². The van der Waals surface area contributed by atoms with E-state index in [1.54, 1.807) is 48.5 Å². The standard InChI is InChI=1S/C26H20O9/c1-15(27)30-13-32-17-7-9-21-23(11-17)34-24-12-18(33-14-31-16(2)28)8-10-22(24)26(21)20-6-4-3-5-19(20)25(29)35-26/h3-12H,13-14H2,1-2H3. The molecule has 0 aromatic heterocycles. The van der Waals surface area contributed by atoms with E-state index in [1.807, 2.05) is 12.1 Å². The largest absolute Gasteiger partial charge is 0.457 e. The molecule has 0 saturated heterocycles. The van der Waals surface area contributed by atoms with Gasteiger partial charge < -0.3 is 28.4 Å². The summed E-state index contributed by atoms with van der Waals surface area (Å²) in [5.41, 5.74) is 1.10. The Labute approximate surface area is 200 Å². The normalized spacial score (nSPS) is 14.1. The minimum absolute atomic E-state index is 0.262. The minimum Gasteiger partial charge on any atom is -0.457 e. The van der Waals surface area contributed by atoms with Crippen molar-refractivity contribution in [2.75, 3.05) is 13.6 Å². The third kappa shape index (κ3) is 3.90. The molecule has 0 N–H and O–H groups in total. The summed E-state index contributed by atoms with van der Waals surface area (Å²) in [4.78, 5) is 35.0. The maximum atomic E-state index is 12.9. The molecule has 0 radical (unpaired) electrons. The summed E-state index contributed by atoms with van der Waals surface area (Å²) >= 11 is 0. The van der Waals surface area contributed by atoms with Crippen molar-refractivity contribution in [3.8, 4) is 23.0 Å². The van der Waals surface area contributed by atoms with Crippen LogP contribution in [-0.4, -0.2) is 31.5 Å². The molecule has 0 atom stereocenters. The van der Waals surface area contributed by atoms with E-state index in [4.69, 9.17) is 28.4 Å². The first kappa shape index (κ1) is 22.3. The second-order valence-corrected chi connectivity index (χ2v) is 7.83. The van der Waals surface area contributed by atoms with Gasteiger partial charge in [0, 0.05) is 42.7 Å². The van der Waals surface area contributed by atoms with Gasteiger partial charge in [-0.1, -0.05) is 18.2 Å². The van der Waals surface area contributed by atoms with Crippen molar-refractivity contribution in [3.05, 3.63) is 82.9 Å². The van der Waals surface area contributed by atoms with Gasteiger partial charge in [-0.25, -0.2) is 4.79 Å². The van der Waals surface area contributed by atoms with Crippen molar-refractivity contribution >= 4 is 17.9 Å². The van der Waals surface area contributed by atoms with E-state index in [9.17, 15) is 14.4 Å². The van der Waals surface area contributed by atoms with E-state index in [2.05, 4.69) is 0 Å². The molecule has 5 rings (SSSR count). The predicted molar refractivity (Wildman–Crippen MR) is 119 cm³/mol. The highest BCUT2D eigenvalue weighted by atomic mass is 16.7. The van der Waals surface area contributed by atoms with Crippen molar-refractivity contribution in [2.24, 2.45) is 0 Å². The van der Waals surface area contributed by atoms with Gasteiger partial charge in [0.05, 0.1) is 5.56 Å². The van der Waals surface area contributed by atoms with E-state index in [-0.39, 0.29) is 13.6 Å². The first-order valence-electron chi connectivity index (χ1n) is 10.7. The fourth-order valence-corrected chi connectivity index (χ4v) is 4.18. The molecule has 0 unspecified atom stereocenters. The van der Waals surface area contributed by atoms with E-state index in [0.717, 1.165) is 0 Å². The van der Waals surface area contributed by atoms with Gasteiger partial charge in [-0.15, -0.1) is 0 Å². The molecule has 9 heteroatoms. The summed E-state index contributed by atoms with van der Waals surface area (Å²) in [6.07, 6.45) is 0.